The first-order valence-corrected chi connectivity index (χ1v) is 6.43. The maximum Gasteiger partial charge on any atom is 0.471 e. The molecule has 0 amide bonds. The van der Waals surface area contributed by atoms with Gasteiger partial charge in [0, 0.05) is 29.6 Å². The molecule has 0 aliphatic heterocycles. The molecule has 0 fully saturated rings. The summed E-state index contributed by atoms with van der Waals surface area (Å²) >= 11 is 0. The topological polar surface area (TPSA) is 72.8 Å². The molecule has 0 saturated carbocycles. The van der Waals surface area contributed by atoms with E-state index in [2.05, 4.69) is 0 Å². The predicted molar refractivity (Wildman–Crippen MR) is 54.6 cm³/mol. The average Bonchev–Trinajstić information content (AvgIpc) is 2.34. The molecule has 1 N–H and O–H groups in total. The molecule has 0 spiro atoms. The molecular formula is C7HF13NaO5S. The molecule has 0 rings (SSSR count). The van der Waals surface area contributed by atoms with Crippen LogP contribution in [0.15, 0.2) is 12.1 Å². The molecule has 20 heteroatoms. The van der Waals surface area contributed by atoms with Crippen molar-refractivity contribution in [2.45, 2.75) is 29.5 Å². The van der Waals surface area contributed by atoms with E-state index >= 15 is 0 Å². The van der Waals surface area contributed by atoms with Gasteiger partial charge in [0.1, 0.15) is 0 Å². The Labute approximate surface area is 161 Å². The van der Waals surface area contributed by atoms with Crippen LogP contribution in [0.1, 0.15) is 0 Å². The molecule has 0 aliphatic carbocycles. The molecule has 0 bridgehead atoms. The van der Waals surface area contributed by atoms with Gasteiger partial charge >= 0.3 is 51.7 Å². The molecule has 0 aromatic rings. The number of hydrogen-bond donors (Lipinski definition) is 1. The first kappa shape index (κ1) is 28.7. The van der Waals surface area contributed by atoms with Crippen LogP contribution >= 0.6 is 0 Å². The van der Waals surface area contributed by atoms with Crippen molar-refractivity contribution < 1.29 is 79.5 Å². The summed E-state index contributed by atoms with van der Waals surface area (Å²) in [6.45, 7) is 0. The first-order valence-electron chi connectivity index (χ1n) is 4.99. The number of rotatable bonds is 7. The molecule has 157 valence electrons. The molecule has 5 nitrogen and oxygen atoms in total. The number of ether oxygens (including phenoxy) is 2. The van der Waals surface area contributed by atoms with Crippen molar-refractivity contribution in [2.75, 3.05) is 0 Å². The van der Waals surface area contributed by atoms with Gasteiger partial charge in [0.2, 0.25) is 0 Å². The third kappa shape index (κ3) is 5.52. The fraction of sp³-hybridized carbons (Fsp3) is 0.714. The third-order valence-electron chi connectivity index (χ3n) is 2.04. The van der Waals surface area contributed by atoms with Crippen molar-refractivity contribution in [3.63, 3.8) is 0 Å². The largest absolute Gasteiger partial charge is 0.471 e. The summed E-state index contributed by atoms with van der Waals surface area (Å²) in [5.74, 6) is -7.51. The Balaban J connectivity index is 0. The fourth-order valence-electron chi connectivity index (χ4n) is 0.885. The Hall–Kier alpha value is -0.500. The summed E-state index contributed by atoms with van der Waals surface area (Å²) in [5.41, 5.74) is 0. The van der Waals surface area contributed by atoms with Gasteiger partial charge in [-0.1, -0.05) is 0 Å². The van der Waals surface area contributed by atoms with Crippen LogP contribution in [-0.4, -0.2) is 72.0 Å². The van der Waals surface area contributed by atoms with E-state index in [1.807, 2.05) is 4.74 Å². The van der Waals surface area contributed by atoms with Crippen molar-refractivity contribution >= 4 is 39.7 Å². The Kier molecular flexibility index (Phi) is 8.60. The Morgan fingerprint density at radius 2 is 1.15 bits per heavy atom. The summed E-state index contributed by atoms with van der Waals surface area (Å²) in [7, 11) is -7.39. The van der Waals surface area contributed by atoms with Gasteiger partial charge in [-0.15, -0.1) is 0 Å². The van der Waals surface area contributed by atoms with Gasteiger partial charge in [0.25, 0.3) is 0 Å². The minimum absolute atomic E-state index is 0. The zero-order chi connectivity index (χ0) is 21.6. The molecular weight excluding hydrogens is 466 g/mol. The van der Waals surface area contributed by atoms with Gasteiger partial charge in [-0.2, -0.15) is 65.5 Å². The fourth-order valence-corrected chi connectivity index (χ4v) is 1.23. The molecule has 27 heavy (non-hydrogen) atoms. The molecule has 1 atom stereocenters. The van der Waals surface area contributed by atoms with E-state index < -0.39 is 51.7 Å². The monoisotopic (exact) mass is 467 g/mol. The van der Waals surface area contributed by atoms with Gasteiger partial charge in [-0.05, 0) is 0 Å². The maximum atomic E-state index is 13.4. The van der Waals surface area contributed by atoms with Crippen molar-refractivity contribution in [1.29, 1.82) is 0 Å². The van der Waals surface area contributed by atoms with E-state index in [1.165, 1.54) is 4.74 Å². The van der Waals surface area contributed by atoms with Crippen molar-refractivity contribution in [3.05, 3.63) is 12.1 Å². The predicted octanol–water partition coefficient (Wildman–Crippen LogP) is 3.57. The smallest absolute Gasteiger partial charge is 0.398 e. The summed E-state index contributed by atoms with van der Waals surface area (Å²) in [4.78, 5) is 0. The van der Waals surface area contributed by atoms with Crippen LogP contribution in [-0.2, 0) is 19.6 Å². The van der Waals surface area contributed by atoms with Gasteiger partial charge < -0.3 is 4.74 Å². The van der Waals surface area contributed by atoms with E-state index in [4.69, 9.17) is 4.55 Å². The second kappa shape index (κ2) is 8.09. The Morgan fingerprint density at radius 3 is 1.41 bits per heavy atom. The first-order chi connectivity index (χ1) is 11.0. The van der Waals surface area contributed by atoms with Crippen LogP contribution < -0.4 is 0 Å². The summed E-state index contributed by atoms with van der Waals surface area (Å²) < 4.78 is 194. The van der Waals surface area contributed by atoms with Crippen LogP contribution in [0.5, 0.6) is 0 Å². The van der Waals surface area contributed by atoms with Gasteiger partial charge in [-0.25, -0.2) is 0 Å². The normalized spacial score (nSPS) is 16.2. The van der Waals surface area contributed by atoms with Crippen molar-refractivity contribution in [2.24, 2.45) is 0 Å². The minimum atomic E-state index is -7.53. The summed E-state index contributed by atoms with van der Waals surface area (Å²) in [6.07, 6.45) is -26.1. The quantitative estimate of drug-likeness (QED) is 0.269. The van der Waals surface area contributed by atoms with E-state index in [0.717, 1.165) is 0 Å². The van der Waals surface area contributed by atoms with Crippen LogP contribution in [0.25, 0.3) is 0 Å². The number of hydrogen-bond acceptors (Lipinski definition) is 4. The number of alkyl halides is 10. The zero-order valence-corrected chi connectivity index (χ0v) is 14.7. The average molecular weight is 467 g/mol. The zero-order valence-electron chi connectivity index (χ0n) is 11.9. The molecule has 0 aromatic carbocycles. The Bertz CT molecular complexity index is 669. The van der Waals surface area contributed by atoms with Gasteiger partial charge in [0.15, 0.2) is 0 Å². The molecule has 1 radical (unpaired) electrons. The molecule has 0 aliphatic rings. The van der Waals surface area contributed by atoms with Gasteiger partial charge in [0.05, 0.1) is 0 Å². The van der Waals surface area contributed by atoms with E-state index in [9.17, 15) is 65.5 Å². The second-order valence-electron chi connectivity index (χ2n) is 3.86. The minimum Gasteiger partial charge on any atom is -0.398 e. The van der Waals surface area contributed by atoms with Crippen molar-refractivity contribution in [1.82, 2.24) is 0 Å². The number of halogens is 13. The summed E-state index contributed by atoms with van der Waals surface area (Å²) in [5, 5.41) is -7.15. The van der Waals surface area contributed by atoms with E-state index in [0.29, 0.717) is 0 Å². The summed E-state index contributed by atoms with van der Waals surface area (Å²) in [6, 6.07) is -3.95. The van der Waals surface area contributed by atoms with Crippen LogP contribution in [0.4, 0.5) is 57.1 Å². The third-order valence-corrected chi connectivity index (χ3v) is 2.92. The van der Waals surface area contributed by atoms with E-state index in [1.54, 1.807) is 0 Å². The Morgan fingerprint density at radius 1 is 0.778 bits per heavy atom. The van der Waals surface area contributed by atoms with Crippen LogP contribution in [0, 0.1) is 0 Å². The molecule has 0 aromatic heterocycles. The molecule has 0 heterocycles. The SMILES string of the molecule is O=S(=O)(O)C(F)(F)C(F)(F)OC(F)(C(F)(F)F)C(F)(F)OC(F)=C(F)F.[Na]. The van der Waals surface area contributed by atoms with Gasteiger partial charge in [-0.3, -0.25) is 9.29 Å². The standard InChI is InChI=1S/C7HF13O5S.Na/c8-1(9)2(10)24-5(15,16)3(11,4(12,13)14)25-6(17,18)7(19,20)26(21,22)23;/h(H,21,22,23);. The molecule has 1 unspecified atom stereocenters. The van der Waals surface area contributed by atoms with E-state index in [-0.39, 0.29) is 29.6 Å². The van der Waals surface area contributed by atoms with Crippen LogP contribution in [0.2, 0.25) is 0 Å². The maximum absolute atomic E-state index is 13.4. The second-order valence-corrected chi connectivity index (χ2v) is 5.32. The van der Waals surface area contributed by atoms with Crippen molar-refractivity contribution in [3.8, 4) is 0 Å². The molecule has 0 saturated heterocycles. The van der Waals surface area contributed by atoms with Crippen LogP contribution in [0.3, 0.4) is 0 Å².